The van der Waals surface area contributed by atoms with Gasteiger partial charge in [0.25, 0.3) is 5.91 Å². The first-order valence-corrected chi connectivity index (χ1v) is 16.4. The van der Waals surface area contributed by atoms with Crippen molar-refractivity contribution in [2.45, 2.75) is 38.6 Å². The fourth-order valence-electron chi connectivity index (χ4n) is 4.37. The summed E-state index contributed by atoms with van der Waals surface area (Å²) in [5, 5.41) is 2.79. The van der Waals surface area contributed by atoms with Crippen LogP contribution in [0.25, 0.3) is 10.2 Å². The number of fused-ring (bicyclic) bond motifs is 2. The Morgan fingerprint density at radius 1 is 1.05 bits per heavy atom. The largest absolute Gasteiger partial charge is 0.468 e. The summed E-state index contributed by atoms with van der Waals surface area (Å²) in [5.74, 6) is -5.02. The number of anilines is 1. The van der Waals surface area contributed by atoms with Crippen molar-refractivity contribution in [2.24, 2.45) is 4.99 Å². The minimum absolute atomic E-state index is 0.117. The molecule has 0 aliphatic heterocycles. The van der Waals surface area contributed by atoms with Crippen molar-refractivity contribution in [2.75, 3.05) is 31.0 Å². The van der Waals surface area contributed by atoms with E-state index in [1.54, 1.807) is 18.2 Å². The lowest BCUT2D eigenvalue weighted by molar-refractivity contribution is -0.141. The first kappa shape index (κ1) is 30.1. The lowest BCUT2D eigenvalue weighted by atomic mass is 10.1. The highest BCUT2D eigenvalue weighted by molar-refractivity contribution is 9.10. The third kappa shape index (κ3) is 7.06. The van der Waals surface area contributed by atoms with Crippen LogP contribution in [0.2, 0.25) is 0 Å². The number of nitrogens with zero attached hydrogens (tertiary/aromatic N) is 2. The van der Waals surface area contributed by atoms with E-state index in [-0.39, 0.29) is 21.9 Å². The van der Waals surface area contributed by atoms with E-state index in [0.29, 0.717) is 16.6 Å². The predicted octanol–water partition coefficient (Wildman–Crippen LogP) is 3.24. The van der Waals surface area contributed by atoms with Crippen molar-refractivity contribution < 1.29 is 37.1 Å². The molecule has 11 nitrogen and oxygen atoms in total. The molecule has 4 rings (SSSR count). The number of aromatic nitrogens is 1. The Labute approximate surface area is 246 Å². The Morgan fingerprint density at radius 2 is 1.80 bits per heavy atom. The second kappa shape index (κ2) is 12.7. The van der Waals surface area contributed by atoms with Crippen LogP contribution < -0.4 is 10.1 Å². The molecule has 1 aromatic carbocycles. The molecule has 1 aliphatic rings. The van der Waals surface area contributed by atoms with E-state index in [4.69, 9.17) is 9.47 Å². The number of thiophene rings is 1. The number of nitrogens with one attached hydrogen (secondary N) is 1. The van der Waals surface area contributed by atoms with Crippen LogP contribution in [0.3, 0.4) is 0 Å². The normalized spacial score (nSPS) is 13.9. The van der Waals surface area contributed by atoms with Gasteiger partial charge in [-0.3, -0.25) is 14.4 Å². The minimum Gasteiger partial charge on any atom is -0.468 e. The molecule has 2 amide bonds. The van der Waals surface area contributed by atoms with Gasteiger partial charge in [0.05, 0.1) is 30.0 Å². The summed E-state index contributed by atoms with van der Waals surface area (Å²) in [6.45, 7) is -0.229. The molecular formula is C25H26BrN3O8S3. The number of benzene rings is 1. The molecule has 0 saturated heterocycles. The SMILES string of the molecule is COC(=O)Cn1c(=NC(=O)CS(=O)(=O)CC(=O)Nc2sc3c(c2C(=O)OC)CCCCC3)sc2cc(Br)ccc21. The Hall–Kier alpha value is -2.88. The molecule has 2 aromatic heterocycles. The van der Waals surface area contributed by atoms with Gasteiger partial charge in [-0.2, -0.15) is 4.99 Å². The van der Waals surface area contributed by atoms with E-state index >= 15 is 0 Å². The number of carbonyl (C=O) groups is 4. The number of halogens is 1. The van der Waals surface area contributed by atoms with E-state index in [2.05, 4.69) is 26.2 Å². The molecule has 2 heterocycles. The Balaban J connectivity index is 1.53. The van der Waals surface area contributed by atoms with Crippen LogP contribution in [0.1, 0.15) is 40.1 Å². The van der Waals surface area contributed by atoms with Gasteiger partial charge in [0, 0.05) is 9.35 Å². The van der Waals surface area contributed by atoms with Gasteiger partial charge in [-0.25, -0.2) is 13.2 Å². The number of amides is 2. The first-order chi connectivity index (χ1) is 19.0. The summed E-state index contributed by atoms with van der Waals surface area (Å²) in [6, 6.07) is 5.27. The van der Waals surface area contributed by atoms with Crippen molar-refractivity contribution in [3.05, 3.63) is 43.5 Å². The third-order valence-corrected chi connectivity index (χ3v) is 10.3. The van der Waals surface area contributed by atoms with Gasteiger partial charge in [0.1, 0.15) is 23.1 Å². The second-order valence-electron chi connectivity index (χ2n) is 9.01. The lowest BCUT2D eigenvalue weighted by Gasteiger charge is -2.07. The van der Waals surface area contributed by atoms with E-state index in [1.165, 1.54) is 30.1 Å². The van der Waals surface area contributed by atoms with Crippen molar-refractivity contribution in [1.82, 2.24) is 4.57 Å². The van der Waals surface area contributed by atoms with E-state index in [1.807, 2.05) is 0 Å². The molecule has 3 aromatic rings. The smallest absolute Gasteiger partial charge is 0.341 e. The summed E-state index contributed by atoms with van der Waals surface area (Å²) in [5.41, 5.74) is 1.70. The van der Waals surface area contributed by atoms with Crippen molar-refractivity contribution in [1.29, 1.82) is 0 Å². The van der Waals surface area contributed by atoms with E-state index < -0.39 is 45.1 Å². The van der Waals surface area contributed by atoms with Crippen LogP contribution >= 0.6 is 38.6 Å². The van der Waals surface area contributed by atoms with Crippen LogP contribution in [0.15, 0.2) is 27.7 Å². The van der Waals surface area contributed by atoms with Crippen molar-refractivity contribution in [3.63, 3.8) is 0 Å². The summed E-state index contributed by atoms with van der Waals surface area (Å²) < 4.78 is 38.1. The Morgan fingerprint density at radius 3 is 2.52 bits per heavy atom. The van der Waals surface area contributed by atoms with Crippen LogP contribution in [-0.4, -0.2) is 62.5 Å². The zero-order valence-electron chi connectivity index (χ0n) is 21.7. The number of sulfone groups is 1. The molecule has 0 unspecified atom stereocenters. The number of ether oxygens (including phenoxy) is 2. The van der Waals surface area contributed by atoms with Crippen molar-refractivity contribution >= 4 is 87.4 Å². The molecule has 15 heteroatoms. The maximum atomic E-state index is 12.8. The van der Waals surface area contributed by atoms with E-state index in [9.17, 15) is 27.6 Å². The van der Waals surface area contributed by atoms with Crippen LogP contribution in [-0.2, 0) is 53.1 Å². The molecule has 214 valence electrons. The number of aryl methyl sites for hydroxylation is 1. The summed E-state index contributed by atoms with van der Waals surface area (Å²) in [6.07, 6.45) is 4.32. The van der Waals surface area contributed by atoms with Gasteiger partial charge < -0.3 is 19.4 Å². The molecule has 0 spiro atoms. The van der Waals surface area contributed by atoms with Crippen LogP contribution in [0.4, 0.5) is 5.00 Å². The second-order valence-corrected chi connectivity index (χ2v) is 14.1. The molecule has 1 N–H and O–H groups in total. The average molecular weight is 673 g/mol. The first-order valence-electron chi connectivity index (χ1n) is 12.2. The number of rotatable bonds is 8. The molecule has 1 aliphatic carbocycles. The Kier molecular flexibility index (Phi) is 9.59. The maximum Gasteiger partial charge on any atom is 0.341 e. The number of methoxy groups -OCH3 is 2. The molecule has 0 bridgehead atoms. The highest BCUT2D eigenvalue weighted by Gasteiger charge is 2.28. The summed E-state index contributed by atoms with van der Waals surface area (Å²) >= 11 is 5.72. The van der Waals surface area contributed by atoms with E-state index in [0.717, 1.165) is 51.9 Å². The average Bonchev–Trinajstić information content (AvgIpc) is 3.28. The van der Waals surface area contributed by atoms with Gasteiger partial charge in [-0.05, 0) is 49.4 Å². The monoisotopic (exact) mass is 671 g/mol. The quantitative estimate of drug-likeness (QED) is 0.283. The number of hydrogen-bond donors (Lipinski definition) is 1. The topological polar surface area (TPSA) is 150 Å². The molecular weight excluding hydrogens is 646 g/mol. The standard InChI is InChI=1S/C25H26BrN3O8S3/c1-36-21(32)11-29-16-9-8-14(26)10-18(16)39-25(29)28-20(31)13-40(34,35)12-19(30)27-23-22(24(33)37-2)15-6-4-3-5-7-17(15)38-23/h8-10H,3-7,11-13H2,1-2H3,(H,27,30). The highest BCUT2D eigenvalue weighted by Crippen LogP contribution is 2.38. The molecule has 0 saturated carbocycles. The molecule has 0 fully saturated rings. The molecule has 0 atom stereocenters. The number of thiazole rings is 1. The van der Waals surface area contributed by atoms with Crippen LogP contribution in [0, 0.1) is 0 Å². The van der Waals surface area contributed by atoms with Gasteiger partial charge in [-0.15, -0.1) is 11.3 Å². The predicted molar refractivity (Wildman–Crippen MR) is 154 cm³/mol. The number of hydrogen-bond acceptors (Lipinski definition) is 10. The van der Waals surface area contributed by atoms with Crippen LogP contribution in [0.5, 0.6) is 0 Å². The minimum atomic E-state index is -4.21. The fraction of sp³-hybridized carbons (Fsp3) is 0.400. The fourth-order valence-corrected chi connectivity index (χ4v) is 8.27. The van der Waals surface area contributed by atoms with Gasteiger partial charge in [0.15, 0.2) is 14.6 Å². The summed E-state index contributed by atoms with van der Waals surface area (Å²) in [4.78, 5) is 54.9. The molecule has 0 radical (unpaired) electrons. The van der Waals surface area contributed by atoms with Crippen molar-refractivity contribution in [3.8, 4) is 0 Å². The number of carbonyl (C=O) groups excluding carboxylic acids is 4. The maximum absolute atomic E-state index is 12.8. The zero-order valence-corrected chi connectivity index (χ0v) is 25.7. The van der Waals surface area contributed by atoms with Gasteiger partial charge >= 0.3 is 11.9 Å². The van der Waals surface area contributed by atoms with Gasteiger partial charge in [-0.1, -0.05) is 33.7 Å². The summed E-state index contributed by atoms with van der Waals surface area (Å²) in [7, 11) is -1.74. The Bertz CT molecular complexity index is 1670. The highest BCUT2D eigenvalue weighted by atomic mass is 79.9. The molecule has 40 heavy (non-hydrogen) atoms. The van der Waals surface area contributed by atoms with Gasteiger partial charge in [0.2, 0.25) is 5.91 Å². The zero-order chi connectivity index (χ0) is 29.0. The third-order valence-electron chi connectivity index (χ3n) is 6.14. The lowest BCUT2D eigenvalue weighted by Crippen LogP contribution is -2.29. The number of esters is 2.